The SMILES string of the molecule is O=C(NCc1cccs1)C1CCCN(c2cc(-c3ccccc3)ncn2)C1. The van der Waals surface area contributed by atoms with E-state index in [4.69, 9.17) is 0 Å². The second-order valence-corrected chi connectivity index (χ2v) is 7.74. The van der Waals surface area contributed by atoms with Gasteiger partial charge in [0.05, 0.1) is 18.2 Å². The van der Waals surface area contributed by atoms with E-state index in [0.29, 0.717) is 13.1 Å². The van der Waals surface area contributed by atoms with E-state index in [2.05, 4.69) is 20.2 Å². The van der Waals surface area contributed by atoms with E-state index >= 15 is 0 Å². The van der Waals surface area contributed by atoms with Gasteiger partial charge in [-0.1, -0.05) is 36.4 Å². The van der Waals surface area contributed by atoms with E-state index < -0.39 is 0 Å². The molecule has 3 aromatic rings. The van der Waals surface area contributed by atoms with Crippen LogP contribution in [0.15, 0.2) is 60.2 Å². The minimum atomic E-state index is -0.00569. The van der Waals surface area contributed by atoms with Crippen LogP contribution in [0.5, 0.6) is 0 Å². The zero-order valence-corrected chi connectivity index (χ0v) is 15.9. The van der Waals surface area contributed by atoms with Crippen LogP contribution in [0.25, 0.3) is 11.3 Å². The van der Waals surface area contributed by atoms with Crippen LogP contribution in [-0.2, 0) is 11.3 Å². The molecule has 2 aromatic heterocycles. The second kappa shape index (κ2) is 8.31. The molecule has 0 spiro atoms. The molecule has 0 radical (unpaired) electrons. The summed E-state index contributed by atoms with van der Waals surface area (Å²) in [5.74, 6) is 1.01. The monoisotopic (exact) mass is 378 g/mol. The number of carbonyl (C=O) groups is 1. The van der Waals surface area contributed by atoms with Gasteiger partial charge >= 0.3 is 0 Å². The number of thiophene rings is 1. The predicted molar refractivity (Wildman–Crippen MR) is 109 cm³/mol. The van der Waals surface area contributed by atoms with Crippen LogP contribution in [0.1, 0.15) is 17.7 Å². The number of anilines is 1. The van der Waals surface area contributed by atoms with Crippen LogP contribution < -0.4 is 10.2 Å². The summed E-state index contributed by atoms with van der Waals surface area (Å²) in [6.45, 7) is 2.22. The van der Waals surface area contributed by atoms with Gasteiger partial charge in [0.25, 0.3) is 0 Å². The molecule has 3 heterocycles. The number of piperidine rings is 1. The van der Waals surface area contributed by atoms with Crippen molar-refractivity contribution in [2.75, 3.05) is 18.0 Å². The molecule has 0 saturated carbocycles. The molecule has 1 aliphatic heterocycles. The van der Waals surface area contributed by atoms with Crippen molar-refractivity contribution in [2.45, 2.75) is 19.4 Å². The maximum absolute atomic E-state index is 12.6. The smallest absolute Gasteiger partial charge is 0.225 e. The number of nitrogens with zero attached hydrogens (tertiary/aromatic N) is 3. The highest BCUT2D eigenvalue weighted by Gasteiger charge is 2.26. The number of aromatic nitrogens is 2. The Balaban J connectivity index is 1.43. The van der Waals surface area contributed by atoms with Gasteiger partial charge in [0.15, 0.2) is 0 Å². The van der Waals surface area contributed by atoms with E-state index in [1.165, 1.54) is 4.88 Å². The largest absolute Gasteiger partial charge is 0.356 e. The highest BCUT2D eigenvalue weighted by Crippen LogP contribution is 2.25. The van der Waals surface area contributed by atoms with Crippen LogP contribution in [-0.4, -0.2) is 29.0 Å². The van der Waals surface area contributed by atoms with Crippen LogP contribution in [0, 0.1) is 5.92 Å². The van der Waals surface area contributed by atoms with Gasteiger partial charge in [-0.15, -0.1) is 11.3 Å². The third-order valence-electron chi connectivity index (χ3n) is 4.86. The average molecular weight is 379 g/mol. The highest BCUT2D eigenvalue weighted by atomic mass is 32.1. The maximum Gasteiger partial charge on any atom is 0.225 e. The molecule has 138 valence electrons. The summed E-state index contributed by atoms with van der Waals surface area (Å²) in [5, 5.41) is 5.11. The molecule has 5 nitrogen and oxygen atoms in total. The fourth-order valence-corrected chi connectivity index (χ4v) is 4.06. The molecule has 1 N–H and O–H groups in total. The molecule has 1 saturated heterocycles. The van der Waals surface area contributed by atoms with Gasteiger partial charge < -0.3 is 10.2 Å². The first kappa shape index (κ1) is 17.7. The quantitative estimate of drug-likeness (QED) is 0.735. The van der Waals surface area contributed by atoms with Crippen molar-refractivity contribution in [3.63, 3.8) is 0 Å². The number of amides is 1. The first-order valence-corrected chi connectivity index (χ1v) is 10.1. The first-order valence-electron chi connectivity index (χ1n) is 9.22. The number of carbonyl (C=O) groups excluding carboxylic acids is 1. The van der Waals surface area contributed by atoms with Gasteiger partial charge in [-0.25, -0.2) is 9.97 Å². The van der Waals surface area contributed by atoms with Gasteiger partial charge in [-0.05, 0) is 24.3 Å². The zero-order chi connectivity index (χ0) is 18.5. The van der Waals surface area contributed by atoms with Gasteiger partial charge in [0.2, 0.25) is 5.91 Å². The van der Waals surface area contributed by atoms with Crippen molar-refractivity contribution in [3.05, 3.63) is 65.1 Å². The van der Waals surface area contributed by atoms with Crippen molar-refractivity contribution in [2.24, 2.45) is 5.92 Å². The van der Waals surface area contributed by atoms with E-state index in [1.807, 2.05) is 53.9 Å². The number of nitrogens with one attached hydrogen (secondary N) is 1. The molecule has 1 unspecified atom stereocenters. The summed E-state index contributed by atoms with van der Waals surface area (Å²) in [7, 11) is 0. The molecule has 0 aliphatic carbocycles. The number of benzene rings is 1. The Kier molecular flexibility index (Phi) is 5.44. The summed E-state index contributed by atoms with van der Waals surface area (Å²) in [5.41, 5.74) is 1.98. The lowest BCUT2D eigenvalue weighted by Crippen LogP contribution is -2.43. The molecular weight excluding hydrogens is 356 g/mol. The van der Waals surface area contributed by atoms with Crippen molar-refractivity contribution in [1.82, 2.24) is 15.3 Å². The molecule has 6 heteroatoms. The van der Waals surface area contributed by atoms with Gasteiger partial charge in [-0.2, -0.15) is 0 Å². The minimum Gasteiger partial charge on any atom is -0.356 e. The normalized spacial score (nSPS) is 16.9. The van der Waals surface area contributed by atoms with Gasteiger partial charge in [0.1, 0.15) is 12.1 Å². The summed E-state index contributed by atoms with van der Waals surface area (Å²) in [6.07, 6.45) is 3.52. The van der Waals surface area contributed by atoms with Gasteiger partial charge in [0, 0.05) is 29.6 Å². The number of rotatable bonds is 5. The minimum absolute atomic E-state index is 0.00569. The molecule has 0 bridgehead atoms. The summed E-state index contributed by atoms with van der Waals surface area (Å²) in [6, 6.07) is 16.2. The third-order valence-corrected chi connectivity index (χ3v) is 5.73. The molecular formula is C21H22N4OS. The Bertz CT molecular complexity index is 882. The lowest BCUT2D eigenvalue weighted by Gasteiger charge is -2.33. The molecule has 1 atom stereocenters. The van der Waals surface area contributed by atoms with Crippen molar-refractivity contribution >= 4 is 23.1 Å². The fourth-order valence-electron chi connectivity index (χ4n) is 3.42. The third kappa shape index (κ3) is 4.34. The predicted octanol–water partition coefficient (Wildman–Crippen LogP) is 3.74. The fraction of sp³-hybridized carbons (Fsp3) is 0.286. The lowest BCUT2D eigenvalue weighted by atomic mass is 9.97. The molecule has 4 rings (SSSR count). The molecule has 1 fully saturated rings. The molecule has 1 aromatic carbocycles. The Labute approximate surface area is 163 Å². The zero-order valence-electron chi connectivity index (χ0n) is 15.0. The van der Waals surface area contributed by atoms with E-state index in [0.717, 1.165) is 36.5 Å². The Morgan fingerprint density at radius 2 is 2.07 bits per heavy atom. The second-order valence-electron chi connectivity index (χ2n) is 6.71. The van der Waals surface area contributed by atoms with E-state index in [9.17, 15) is 4.79 Å². The van der Waals surface area contributed by atoms with Crippen LogP contribution in [0.4, 0.5) is 5.82 Å². The Morgan fingerprint density at radius 3 is 2.89 bits per heavy atom. The molecule has 1 aliphatic rings. The van der Waals surface area contributed by atoms with Crippen molar-refractivity contribution in [3.8, 4) is 11.3 Å². The van der Waals surface area contributed by atoms with Crippen LogP contribution in [0.2, 0.25) is 0 Å². The number of hydrogen-bond acceptors (Lipinski definition) is 5. The van der Waals surface area contributed by atoms with E-state index in [-0.39, 0.29) is 11.8 Å². The maximum atomic E-state index is 12.6. The topological polar surface area (TPSA) is 58.1 Å². The van der Waals surface area contributed by atoms with Crippen LogP contribution in [0.3, 0.4) is 0 Å². The van der Waals surface area contributed by atoms with E-state index in [1.54, 1.807) is 17.7 Å². The van der Waals surface area contributed by atoms with Crippen molar-refractivity contribution in [1.29, 1.82) is 0 Å². The van der Waals surface area contributed by atoms with Crippen LogP contribution >= 0.6 is 11.3 Å². The number of hydrogen-bond donors (Lipinski definition) is 1. The summed E-state index contributed by atoms with van der Waals surface area (Å²) >= 11 is 1.67. The van der Waals surface area contributed by atoms with Crippen molar-refractivity contribution < 1.29 is 4.79 Å². The first-order chi connectivity index (χ1) is 13.3. The average Bonchev–Trinajstić information content (AvgIpc) is 3.26. The highest BCUT2D eigenvalue weighted by molar-refractivity contribution is 7.09. The molecule has 1 amide bonds. The summed E-state index contributed by atoms with van der Waals surface area (Å²) < 4.78 is 0. The van der Waals surface area contributed by atoms with Gasteiger partial charge in [-0.3, -0.25) is 4.79 Å². The Hall–Kier alpha value is -2.73. The molecule has 27 heavy (non-hydrogen) atoms. The Morgan fingerprint density at radius 1 is 1.19 bits per heavy atom. The lowest BCUT2D eigenvalue weighted by molar-refractivity contribution is -0.125. The standard InChI is InChI=1S/C21H22N4OS/c26-21(22-13-18-9-5-11-27-18)17-8-4-10-25(14-17)20-12-19(23-15-24-20)16-6-2-1-3-7-16/h1-3,5-7,9,11-12,15,17H,4,8,10,13-14H2,(H,22,26). The summed E-state index contributed by atoms with van der Waals surface area (Å²) in [4.78, 5) is 24.8.